The lowest BCUT2D eigenvalue weighted by Gasteiger charge is -2.49. The quantitative estimate of drug-likeness (QED) is 0.167. The zero-order chi connectivity index (χ0) is 24.7. The number of carbonyl (C=O) groups excluding carboxylic acids is 2. The lowest BCUT2D eigenvalue weighted by molar-refractivity contribution is -0.663. The van der Waals surface area contributed by atoms with Gasteiger partial charge in [0.05, 0.1) is 4.70 Å². The average Bonchev–Trinajstić information content (AvgIpc) is 3.49. The van der Waals surface area contributed by atoms with Crippen LogP contribution in [-0.4, -0.2) is 67.9 Å². The van der Waals surface area contributed by atoms with Crippen molar-refractivity contribution in [2.24, 2.45) is 5.16 Å². The van der Waals surface area contributed by atoms with Crippen molar-refractivity contribution in [1.82, 2.24) is 20.4 Å². The van der Waals surface area contributed by atoms with Gasteiger partial charge in [0, 0.05) is 23.5 Å². The largest absolute Gasteiger partial charge is 0.477 e. The second kappa shape index (κ2) is 8.99. The predicted molar refractivity (Wildman–Crippen MR) is 124 cm³/mol. The molecule has 35 heavy (non-hydrogen) atoms. The minimum atomic E-state index is -1.20. The molecule has 5 rings (SSSR count). The Labute approximate surface area is 205 Å². The van der Waals surface area contributed by atoms with Crippen molar-refractivity contribution in [3.8, 4) is 0 Å². The first-order chi connectivity index (χ1) is 16.9. The van der Waals surface area contributed by atoms with Gasteiger partial charge in [-0.3, -0.25) is 14.5 Å². The van der Waals surface area contributed by atoms with Crippen LogP contribution in [0.15, 0.2) is 50.7 Å². The van der Waals surface area contributed by atoms with Crippen LogP contribution in [0.5, 0.6) is 0 Å². The Morgan fingerprint density at radius 1 is 1.46 bits per heavy atom. The molecule has 2 aliphatic rings. The Morgan fingerprint density at radius 2 is 2.29 bits per heavy atom. The number of amides is 2. The number of nitrogen functional groups attached to an aromatic ring is 1. The van der Waals surface area contributed by atoms with Gasteiger partial charge in [0.2, 0.25) is 17.1 Å². The van der Waals surface area contributed by atoms with E-state index in [1.165, 1.54) is 23.8 Å². The number of rotatable bonds is 7. The van der Waals surface area contributed by atoms with Crippen molar-refractivity contribution in [3.05, 3.63) is 46.9 Å². The van der Waals surface area contributed by atoms with Crippen LogP contribution >= 0.6 is 23.1 Å². The Kier molecular flexibility index (Phi) is 5.86. The Hall–Kier alpha value is -3.98. The van der Waals surface area contributed by atoms with Gasteiger partial charge in [0.15, 0.2) is 12.7 Å². The Morgan fingerprint density at radius 3 is 3.00 bits per heavy atom. The van der Waals surface area contributed by atoms with Gasteiger partial charge in [-0.05, 0) is 11.4 Å². The number of nitrogens with zero attached hydrogens (tertiary/aromatic N) is 5. The summed E-state index contributed by atoms with van der Waals surface area (Å²) < 4.78 is 7.70. The summed E-state index contributed by atoms with van der Waals surface area (Å²) in [6.07, 6.45) is 1.88. The zero-order valence-corrected chi connectivity index (χ0v) is 19.7. The molecule has 0 saturated carbocycles. The smallest absolute Gasteiger partial charge is 0.352 e. The minimum absolute atomic E-state index is 0.0688. The molecule has 0 radical (unpaired) electrons. The summed E-state index contributed by atoms with van der Waals surface area (Å²) in [5, 5.41) is 21.0. The number of thiophene rings is 1. The van der Waals surface area contributed by atoms with Crippen LogP contribution in [0.4, 0.5) is 6.01 Å². The van der Waals surface area contributed by atoms with Crippen molar-refractivity contribution in [2.45, 2.75) is 18.0 Å². The lowest BCUT2D eigenvalue weighted by atomic mass is 10.0. The maximum Gasteiger partial charge on any atom is 0.352 e. The molecule has 1 unspecified atom stereocenters. The number of fused-ring (bicyclic) bond motifs is 2. The number of pyridine rings is 1. The van der Waals surface area contributed by atoms with E-state index < -0.39 is 29.2 Å². The van der Waals surface area contributed by atoms with E-state index in [2.05, 4.69) is 30.0 Å². The summed E-state index contributed by atoms with van der Waals surface area (Å²) in [5.41, 5.74) is 6.58. The van der Waals surface area contributed by atoms with Crippen LogP contribution in [0.2, 0.25) is 0 Å². The van der Waals surface area contributed by atoms with E-state index >= 15 is 0 Å². The molecule has 1 fully saturated rings. The number of hydrogen-bond donors (Lipinski definition) is 3. The number of carboxylic acids is 1. The van der Waals surface area contributed by atoms with E-state index in [0.717, 1.165) is 10.2 Å². The molecular weight excluding hydrogens is 498 g/mol. The second-order valence-corrected chi connectivity index (χ2v) is 9.56. The highest BCUT2D eigenvalue weighted by Crippen LogP contribution is 2.40. The third-order valence-electron chi connectivity index (χ3n) is 5.45. The van der Waals surface area contributed by atoms with Crippen LogP contribution < -0.4 is 15.6 Å². The molecule has 4 N–H and O–H groups in total. The van der Waals surface area contributed by atoms with Gasteiger partial charge in [0.25, 0.3) is 11.8 Å². The zero-order valence-electron chi connectivity index (χ0n) is 18.1. The number of anilines is 1. The van der Waals surface area contributed by atoms with Gasteiger partial charge in [-0.15, -0.1) is 23.1 Å². The van der Waals surface area contributed by atoms with Gasteiger partial charge in [-0.25, -0.2) is 4.79 Å². The maximum absolute atomic E-state index is 13.0. The van der Waals surface area contributed by atoms with E-state index in [0.29, 0.717) is 17.9 Å². The maximum atomic E-state index is 13.0. The first-order valence-electron chi connectivity index (χ1n) is 10.2. The van der Waals surface area contributed by atoms with Gasteiger partial charge in [0.1, 0.15) is 24.2 Å². The van der Waals surface area contributed by atoms with Crippen molar-refractivity contribution in [1.29, 1.82) is 0 Å². The molecule has 2 amide bonds. The molecule has 3 aromatic heterocycles. The van der Waals surface area contributed by atoms with E-state index in [1.54, 1.807) is 11.3 Å². The third-order valence-corrected chi connectivity index (χ3v) is 7.66. The predicted octanol–water partition coefficient (Wildman–Crippen LogP) is -0.0567. The number of nitrogens with two attached hydrogens (primary N) is 1. The third kappa shape index (κ3) is 3.97. The second-order valence-electron chi connectivity index (χ2n) is 7.50. The average molecular weight is 517 g/mol. The standard InChI is InChI=1S/C20H17N7O6S2/c1-32-24-12(15-23-20(21)33-25-15)16(28)22-13-17(29)27-14(19(30)31)9(8-35-18(13)27)7-26-5-2-3-11-10(26)4-6-34-11/h2-6,13,18H,7-8H2,1H3,(H3-,21,22,23,25,28,30,31)/p+1/b24-12-/t13?,18-/m1/s1. The summed E-state index contributed by atoms with van der Waals surface area (Å²) in [6.45, 7) is 0.320. The molecule has 0 bridgehead atoms. The molecular formula is C20H18N7O6S2+. The Balaban J connectivity index is 1.38. The summed E-state index contributed by atoms with van der Waals surface area (Å²) in [7, 11) is 1.23. The normalized spacial score (nSPS) is 20.0. The fraction of sp³-hybridized carbons (Fsp3) is 0.250. The number of carbonyl (C=O) groups is 3. The first-order valence-corrected chi connectivity index (χ1v) is 12.1. The summed E-state index contributed by atoms with van der Waals surface area (Å²) in [4.78, 5) is 47.6. The summed E-state index contributed by atoms with van der Waals surface area (Å²) in [5.74, 6) is -2.39. The highest BCUT2D eigenvalue weighted by molar-refractivity contribution is 8.00. The van der Waals surface area contributed by atoms with E-state index in [-0.39, 0.29) is 23.2 Å². The number of nitrogens with one attached hydrogen (secondary N) is 1. The summed E-state index contributed by atoms with van der Waals surface area (Å²) in [6, 6.07) is 4.62. The number of aliphatic carboxylic acids is 1. The number of aromatic nitrogens is 3. The van der Waals surface area contributed by atoms with Crippen LogP contribution in [0, 0.1) is 0 Å². The van der Waals surface area contributed by atoms with Crippen molar-refractivity contribution >= 4 is 62.8 Å². The number of carboxylic acid groups (broad SMARTS) is 1. The molecule has 15 heteroatoms. The number of thioether (sulfide) groups is 1. The van der Waals surface area contributed by atoms with E-state index in [4.69, 9.17) is 5.73 Å². The van der Waals surface area contributed by atoms with Crippen molar-refractivity contribution < 1.29 is 33.4 Å². The van der Waals surface area contributed by atoms with Crippen molar-refractivity contribution in [3.63, 3.8) is 0 Å². The van der Waals surface area contributed by atoms with Gasteiger partial charge < -0.3 is 25.5 Å². The van der Waals surface area contributed by atoms with Gasteiger partial charge >= 0.3 is 12.0 Å². The van der Waals surface area contributed by atoms with Gasteiger partial charge in [-0.2, -0.15) is 9.55 Å². The molecule has 2 aliphatic heterocycles. The number of hydrogen-bond acceptors (Lipinski definition) is 11. The number of oxime groups is 1. The van der Waals surface area contributed by atoms with E-state index in [1.807, 2.05) is 34.3 Å². The molecule has 2 atom stereocenters. The van der Waals surface area contributed by atoms with Crippen LogP contribution in [0.3, 0.4) is 0 Å². The molecule has 180 valence electrons. The molecule has 0 aromatic carbocycles. The fourth-order valence-electron chi connectivity index (χ4n) is 3.96. The monoisotopic (exact) mass is 516 g/mol. The molecule has 0 aliphatic carbocycles. The molecule has 1 saturated heterocycles. The number of β-lactam (4-membered cyclic amide) rings is 1. The topological polar surface area (TPSA) is 177 Å². The van der Waals surface area contributed by atoms with Crippen LogP contribution in [-0.2, 0) is 25.8 Å². The van der Waals surface area contributed by atoms with E-state index in [9.17, 15) is 19.5 Å². The fourth-order valence-corrected chi connectivity index (χ4v) is 6.10. The minimum Gasteiger partial charge on any atom is -0.477 e. The highest BCUT2D eigenvalue weighted by atomic mass is 32.2. The Bertz CT molecular complexity index is 1410. The summed E-state index contributed by atoms with van der Waals surface area (Å²) >= 11 is 2.96. The molecule has 5 heterocycles. The molecule has 0 spiro atoms. The highest BCUT2D eigenvalue weighted by Gasteiger charge is 2.55. The van der Waals surface area contributed by atoms with Crippen LogP contribution in [0.25, 0.3) is 10.2 Å². The first kappa shape index (κ1) is 22.8. The lowest BCUT2D eigenvalue weighted by Crippen LogP contribution is -2.71. The van der Waals surface area contributed by atoms with Crippen LogP contribution in [0.1, 0.15) is 5.82 Å². The molecule has 3 aromatic rings. The van der Waals surface area contributed by atoms with Crippen molar-refractivity contribution in [2.75, 3.05) is 18.6 Å². The van der Waals surface area contributed by atoms with Gasteiger partial charge in [-0.1, -0.05) is 10.3 Å². The SMILES string of the molecule is CO/N=C(\C(=O)NC1C(=O)N2C(C(=O)O)=C(C[n+]3cccc4sccc43)CS[C@H]12)c1noc(N)n1. The molecule has 13 nitrogen and oxygen atoms in total.